The Morgan fingerprint density at radius 3 is 3.05 bits per heavy atom. The quantitative estimate of drug-likeness (QED) is 0.784. The molecule has 0 spiro atoms. The molecule has 4 atom stereocenters. The Hall–Kier alpha value is -1.32. The van der Waals surface area contributed by atoms with Gasteiger partial charge in [-0.2, -0.15) is 0 Å². The number of H-pyrrole nitrogens is 1. The van der Waals surface area contributed by atoms with Crippen molar-refractivity contribution < 1.29 is 0 Å². The Balaban J connectivity index is 1.56. The number of nitrogens with one attached hydrogen (secondary N) is 1. The fourth-order valence-corrected chi connectivity index (χ4v) is 5.40. The van der Waals surface area contributed by atoms with Crippen molar-refractivity contribution in [1.82, 2.24) is 9.88 Å². The largest absolute Gasteiger partial charge is 0.357 e. The molecule has 3 heteroatoms. The number of piperidine rings is 1. The van der Waals surface area contributed by atoms with Gasteiger partial charge in [0.25, 0.3) is 0 Å². The molecule has 0 amide bonds. The van der Waals surface area contributed by atoms with Gasteiger partial charge in [0.15, 0.2) is 0 Å². The van der Waals surface area contributed by atoms with E-state index in [2.05, 4.69) is 34.1 Å². The Labute approximate surface area is 131 Å². The van der Waals surface area contributed by atoms with Gasteiger partial charge in [0, 0.05) is 35.7 Å². The van der Waals surface area contributed by atoms with Gasteiger partial charge in [-0.3, -0.25) is 4.90 Å². The molecule has 0 bridgehead atoms. The summed E-state index contributed by atoms with van der Waals surface area (Å²) >= 11 is 0. The number of fused-ring (bicyclic) bond motifs is 6. The molecule has 3 N–H and O–H groups in total. The summed E-state index contributed by atoms with van der Waals surface area (Å²) in [5.41, 5.74) is 10.8. The summed E-state index contributed by atoms with van der Waals surface area (Å²) in [4.78, 5) is 6.48. The highest BCUT2D eigenvalue weighted by Crippen LogP contribution is 2.46. The van der Waals surface area contributed by atoms with Crippen LogP contribution in [0.2, 0.25) is 0 Å². The van der Waals surface area contributed by atoms with Crippen LogP contribution >= 0.6 is 0 Å². The molecule has 2 fully saturated rings. The summed E-state index contributed by atoms with van der Waals surface area (Å²) in [5, 5.41) is 1.44. The normalized spacial score (nSPS) is 35.0. The summed E-state index contributed by atoms with van der Waals surface area (Å²) in [5.74, 6) is 1.57. The maximum Gasteiger partial charge on any atom is 0.0505 e. The van der Waals surface area contributed by atoms with Crippen LogP contribution < -0.4 is 5.73 Å². The number of nitrogens with zero attached hydrogens (tertiary/aromatic N) is 1. The van der Waals surface area contributed by atoms with Crippen molar-refractivity contribution in [3.63, 3.8) is 0 Å². The topological polar surface area (TPSA) is 45.0 Å². The molecule has 0 radical (unpaired) electrons. The minimum atomic E-state index is 0.427. The Morgan fingerprint density at radius 2 is 2.09 bits per heavy atom. The predicted octanol–water partition coefficient (Wildman–Crippen LogP) is 3.21. The maximum atomic E-state index is 6.48. The number of benzene rings is 1. The smallest absolute Gasteiger partial charge is 0.0505 e. The van der Waals surface area contributed by atoms with Gasteiger partial charge in [-0.05, 0) is 49.1 Å². The van der Waals surface area contributed by atoms with Crippen molar-refractivity contribution in [2.75, 3.05) is 13.1 Å². The minimum Gasteiger partial charge on any atom is -0.357 e. The van der Waals surface area contributed by atoms with Gasteiger partial charge in [0.05, 0.1) is 6.04 Å². The summed E-state index contributed by atoms with van der Waals surface area (Å²) in [6, 6.07) is 9.79. The zero-order valence-electron chi connectivity index (χ0n) is 13.1. The van der Waals surface area contributed by atoms with E-state index in [0.717, 1.165) is 11.8 Å². The number of rotatable bonds is 0. The monoisotopic (exact) mass is 295 g/mol. The average Bonchev–Trinajstić information content (AvgIpc) is 2.93. The summed E-state index contributed by atoms with van der Waals surface area (Å²) in [6.45, 7) is 2.48. The summed E-state index contributed by atoms with van der Waals surface area (Å²) < 4.78 is 0. The van der Waals surface area contributed by atoms with E-state index in [1.54, 1.807) is 5.56 Å². The number of hydrogen-bond acceptors (Lipinski definition) is 2. The van der Waals surface area contributed by atoms with E-state index in [-0.39, 0.29) is 0 Å². The van der Waals surface area contributed by atoms with E-state index in [1.807, 2.05) is 0 Å². The van der Waals surface area contributed by atoms with Crippen molar-refractivity contribution >= 4 is 10.9 Å². The standard InChI is InChI=1S/C19H25N3/c20-16-6-3-4-12-11-22-9-8-14-13-5-1-2-7-17(13)21-19(14)18(22)10-15(12)16/h1-2,5,7,12,15-16,18,21H,3-4,6,8-11,20H2/t12?,15?,16-,18?/m1/s1. The zero-order chi connectivity index (χ0) is 14.7. The molecule has 116 valence electrons. The Kier molecular flexibility index (Phi) is 2.89. The van der Waals surface area contributed by atoms with Gasteiger partial charge < -0.3 is 10.7 Å². The first-order chi connectivity index (χ1) is 10.8. The van der Waals surface area contributed by atoms with Crippen molar-refractivity contribution in [3.8, 4) is 0 Å². The van der Waals surface area contributed by atoms with E-state index < -0.39 is 0 Å². The van der Waals surface area contributed by atoms with E-state index in [4.69, 9.17) is 5.73 Å². The number of aromatic amines is 1. The predicted molar refractivity (Wildman–Crippen MR) is 89.7 cm³/mol. The molecule has 5 rings (SSSR count). The van der Waals surface area contributed by atoms with E-state index in [1.165, 1.54) is 61.8 Å². The fourth-order valence-electron chi connectivity index (χ4n) is 5.40. The Bertz CT molecular complexity index is 704. The molecule has 2 aliphatic heterocycles. The van der Waals surface area contributed by atoms with Crippen LogP contribution in [0.4, 0.5) is 0 Å². The summed E-state index contributed by atoms with van der Waals surface area (Å²) in [6.07, 6.45) is 6.40. The first kappa shape index (κ1) is 13.1. The van der Waals surface area contributed by atoms with Gasteiger partial charge in [-0.1, -0.05) is 24.6 Å². The third-order valence-corrected chi connectivity index (χ3v) is 6.50. The molecular formula is C19H25N3. The van der Waals surface area contributed by atoms with Gasteiger partial charge in [0.1, 0.15) is 0 Å². The number of hydrogen-bond donors (Lipinski definition) is 2. The van der Waals surface area contributed by atoms with Gasteiger partial charge in [-0.15, -0.1) is 0 Å². The molecule has 3 unspecified atom stereocenters. The van der Waals surface area contributed by atoms with Crippen molar-refractivity contribution in [2.24, 2.45) is 17.6 Å². The highest BCUT2D eigenvalue weighted by Gasteiger charge is 2.43. The highest BCUT2D eigenvalue weighted by molar-refractivity contribution is 5.85. The minimum absolute atomic E-state index is 0.427. The second-order valence-electron chi connectivity index (χ2n) is 7.58. The molecule has 3 nitrogen and oxygen atoms in total. The molecule has 22 heavy (non-hydrogen) atoms. The second kappa shape index (κ2) is 4.84. The average molecular weight is 295 g/mol. The van der Waals surface area contributed by atoms with Crippen LogP contribution in [0.1, 0.15) is 43.0 Å². The molecule has 3 heterocycles. The lowest BCUT2D eigenvalue weighted by molar-refractivity contribution is 0.0213. The lowest BCUT2D eigenvalue weighted by atomic mass is 9.69. The maximum absolute atomic E-state index is 6.48. The van der Waals surface area contributed by atoms with Crippen molar-refractivity contribution in [3.05, 3.63) is 35.5 Å². The molecule has 1 aliphatic carbocycles. The lowest BCUT2D eigenvalue weighted by Gasteiger charge is -2.49. The van der Waals surface area contributed by atoms with Crippen LogP contribution in [-0.4, -0.2) is 29.0 Å². The Morgan fingerprint density at radius 1 is 1.18 bits per heavy atom. The third kappa shape index (κ3) is 1.82. The van der Waals surface area contributed by atoms with Crippen LogP contribution in [-0.2, 0) is 6.42 Å². The fraction of sp³-hybridized carbons (Fsp3) is 0.579. The zero-order valence-corrected chi connectivity index (χ0v) is 13.1. The number of para-hydroxylation sites is 1. The van der Waals surface area contributed by atoms with Gasteiger partial charge in [-0.25, -0.2) is 0 Å². The molecule has 1 saturated heterocycles. The van der Waals surface area contributed by atoms with Crippen LogP contribution in [0.15, 0.2) is 24.3 Å². The first-order valence-corrected chi connectivity index (χ1v) is 8.90. The third-order valence-electron chi connectivity index (χ3n) is 6.50. The molecule has 1 saturated carbocycles. The first-order valence-electron chi connectivity index (χ1n) is 8.90. The molecule has 1 aromatic carbocycles. The number of aromatic nitrogens is 1. The van der Waals surface area contributed by atoms with Crippen LogP contribution in [0.25, 0.3) is 10.9 Å². The van der Waals surface area contributed by atoms with E-state index in [9.17, 15) is 0 Å². The van der Waals surface area contributed by atoms with Gasteiger partial charge in [0.2, 0.25) is 0 Å². The van der Waals surface area contributed by atoms with Gasteiger partial charge >= 0.3 is 0 Å². The lowest BCUT2D eigenvalue weighted by Crippen LogP contribution is -2.52. The van der Waals surface area contributed by atoms with E-state index in [0.29, 0.717) is 12.1 Å². The molecular weight excluding hydrogens is 270 g/mol. The molecule has 1 aromatic heterocycles. The van der Waals surface area contributed by atoms with Crippen LogP contribution in [0.5, 0.6) is 0 Å². The van der Waals surface area contributed by atoms with Crippen molar-refractivity contribution in [1.29, 1.82) is 0 Å². The molecule has 3 aliphatic rings. The van der Waals surface area contributed by atoms with Crippen molar-refractivity contribution in [2.45, 2.75) is 44.2 Å². The number of nitrogens with two attached hydrogens (primary N) is 1. The second-order valence-corrected chi connectivity index (χ2v) is 7.58. The van der Waals surface area contributed by atoms with E-state index >= 15 is 0 Å². The highest BCUT2D eigenvalue weighted by atomic mass is 15.2. The SMILES string of the molecule is N[C@@H]1CCCC2CN3CCc4c([nH]c5ccccc45)C3CC21. The summed E-state index contributed by atoms with van der Waals surface area (Å²) in [7, 11) is 0. The van der Waals surface area contributed by atoms with Crippen LogP contribution in [0, 0.1) is 11.8 Å². The molecule has 2 aromatic rings. The van der Waals surface area contributed by atoms with Crippen LogP contribution in [0.3, 0.4) is 0 Å².